The topological polar surface area (TPSA) is 135 Å². The molecule has 29 heavy (non-hydrogen) atoms. The van der Waals surface area contributed by atoms with Gasteiger partial charge in [0.05, 0.1) is 29.4 Å². The average Bonchev–Trinajstić information content (AvgIpc) is 3.24. The van der Waals surface area contributed by atoms with Crippen LogP contribution >= 0.6 is 0 Å². The van der Waals surface area contributed by atoms with Crippen LogP contribution in [0.3, 0.4) is 0 Å². The van der Waals surface area contributed by atoms with Gasteiger partial charge in [0.1, 0.15) is 12.0 Å². The highest BCUT2D eigenvalue weighted by molar-refractivity contribution is 7.88. The first-order chi connectivity index (χ1) is 13.8. The molecule has 0 saturated heterocycles. The van der Waals surface area contributed by atoms with E-state index in [0.29, 0.717) is 36.5 Å². The molecule has 3 aromatic rings. The summed E-state index contributed by atoms with van der Waals surface area (Å²) in [6, 6.07) is 5.22. The van der Waals surface area contributed by atoms with Crippen molar-refractivity contribution in [3.8, 4) is 0 Å². The molecule has 0 aliphatic carbocycles. The minimum absolute atomic E-state index is 0.194. The summed E-state index contributed by atoms with van der Waals surface area (Å²) in [5, 5.41) is 10.6. The zero-order valence-corrected chi connectivity index (χ0v) is 16.4. The second-order valence-corrected chi connectivity index (χ2v) is 8.57. The van der Waals surface area contributed by atoms with Crippen LogP contribution in [0.2, 0.25) is 0 Å². The van der Waals surface area contributed by atoms with Gasteiger partial charge in [-0.1, -0.05) is 0 Å². The van der Waals surface area contributed by atoms with Crippen LogP contribution in [0, 0.1) is 0 Å². The number of hydrogen-bond acceptors (Lipinski definition) is 6. The number of fused-ring (bicyclic) bond motifs is 2. The van der Waals surface area contributed by atoms with Crippen LogP contribution in [0.1, 0.15) is 26.5 Å². The lowest BCUT2D eigenvalue weighted by Crippen LogP contribution is -2.32. The number of carbonyl (C=O) groups excluding carboxylic acids is 2. The Hall–Kier alpha value is -3.18. The van der Waals surface area contributed by atoms with Crippen LogP contribution in [-0.2, 0) is 23.0 Å². The number of carbonyl (C=O) groups is 2. The first-order valence-corrected chi connectivity index (χ1v) is 10.8. The quantitative estimate of drug-likeness (QED) is 0.541. The van der Waals surface area contributed by atoms with Crippen molar-refractivity contribution < 1.29 is 22.4 Å². The normalized spacial score (nSPS) is 13.9. The van der Waals surface area contributed by atoms with E-state index in [9.17, 15) is 18.0 Å². The number of amides is 2. The molecule has 0 atom stereocenters. The Bertz CT molecular complexity index is 1210. The zero-order chi connectivity index (χ0) is 20.6. The molecule has 0 saturated carbocycles. The molecule has 2 amide bonds. The maximum absolute atomic E-state index is 12.6. The highest BCUT2D eigenvalue weighted by Gasteiger charge is 2.27. The van der Waals surface area contributed by atoms with E-state index in [1.165, 1.54) is 6.26 Å². The SMILES string of the molecule is CS(=O)(=O)NCCn1cc2cc(NC(=O)c3coc4c3C(=O)NCC4)ccc2n1. The molecule has 1 aromatic carbocycles. The maximum atomic E-state index is 12.6. The fourth-order valence-electron chi connectivity index (χ4n) is 3.19. The van der Waals surface area contributed by atoms with Gasteiger partial charge >= 0.3 is 0 Å². The molecule has 3 heterocycles. The number of nitrogens with zero attached hydrogens (tertiary/aromatic N) is 2. The Morgan fingerprint density at radius 1 is 1.38 bits per heavy atom. The lowest BCUT2D eigenvalue weighted by molar-refractivity contribution is 0.0932. The van der Waals surface area contributed by atoms with Gasteiger partial charge in [0.15, 0.2) is 0 Å². The summed E-state index contributed by atoms with van der Waals surface area (Å²) >= 11 is 0. The van der Waals surface area contributed by atoms with Crippen LogP contribution in [0.15, 0.2) is 35.1 Å². The number of aromatic nitrogens is 2. The second kappa shape index (κ2) is 7.33. The highest BCUT2D eigenvalue weighted by Crippen LogP contribution is 2.23. The Labute approximate surface area is 166 Å². The monoisotopic (exact) mass is 417 g/mol. The van der Waals surface area contributed by atoms with Crippen LogP contribution in [0.4, 0.5) is 5.69 Å². The van der Waals surface area contributed by atoms with E-state index in [-0.39, 0.29) is 23.6 Å². The smallest absolute Gasteiger partial charge is 0.259 e. The van der Waals surface area contributed by atoms with Crippen molar-refractivity contribution in [2.24, 2.45) is 0 Å². The summed E-state index contributed by atoms with van der Waals surface area (Å²) in [5.74, 6) is -0.237. The van der Waals surface area contributed by atoms with Gasteiger partial charge in [0, 0.05) is 36.8 Å². The van der Waals surface area contributed by atoms with Gasteiger partial charge < -0.3 is 15.1 Å². The lowest BCUT2D eigenvalue weighted by atomic mass is 10.0. The van der Waals surface area contributed by atoms with E-state index in [2.05, 4.69) is 20.5 Å². The predicted octanol–water partition coefficient (Wildman–Crippen LogP) is 0.717. The summed E-state index contributed by atoms with van der Waals surface area (Å²) in [6.45, 7) is 1.09. The number of rotatable bonds is 6. The molecule has 11 heteroatoms. The third-order valence-electron chi connectivity index (χ3n) is 4.49. The molecule has 152 valence electrons. The molecule has 2 aromatic heterocycles. The van der Waals surface area contributed by atoms with Gasteiger partial charge in [-0.05, 0) is 18.2 Å². The number of hydrogen-bond donors (Lipinski definition) is 3. The van der Waals surface area contributed by atoms with Crippen molar-refractivity contribution >= 4 is 38.4 Å². The van der Waals surface area contributed by atoms with Crippen molar-refractivity contribution in [2.45, 2.75) is 13.0 Å². The van der Waals surface area contributed by atoms with E-state index < -0.39 is 15.9 Å². The molecule has 0 unspecified atom stereocenters. The van der Waals surface area contributed by atoms with Crippen molar-refractivity contribution in [2.75, 3.05) is 24.7 Å². The molecular weight excluding hydrogens is 398 g/mol. The molecule has 3 N–H and O–H groups in total. The summed E-state index contributed by atoms with van der Waals surface area (Å²) < 4.78 is 31.7. The van der Waals surface area contributed by atoms with Crippen LogP contribution in [-0.4, -0.2) is 49.4 Å². The third kappa shape index (κ3) is 4.15. The van der Waals surface area contributed by atoms with E-state index in [0.717, 1.165) is 11.6 Å². The molecule has 0 spiro atoms. The lowest BCUT2D eigenvalue weighted by Gasteiger charge is -2.12. The number of nitrogens with one attached hydrogen (secondary N) is 3. The molecule has 0 bridgehead atoms. The average molecular weight is 417 g/mol. The van der Waals surface area contributed by atoms with Gasteiger partial charge in [-0.2, -0.15) is 5.10 Å². The molecular formula is C18H19N5O5S. The van der Waals surface area contributed by atoms with E-state index in [1.54, 1.807) is 29.1 Å². The Morgan fingerprint density at radius 3 is 3.00 bits per heavy atom. The first-order valence-electron chi connectivity index (χ1n) is 8.92. The minimum atomic E-state index is -3.25. The Balaban J connectivity index is 1.49. The number of benzene rings is 1. The van der Waals surface area contributed by atoms with Gasteiger partial charge in [-0.25, -0.2) is 13.1 Å². The van der Waals surface area contributed by atoms with Crippen molar-refractivity contribution in [3.05, 3.63) is 47.5 Å². The maximum Gasteiger partial charge on any atom is 0.259 e. The Morgan fingerprint density at radius 2 is 2.21 bits per heavy atom. The second-order valence-electron chi connectivity index (χ2n) is 6.74. The van der Waals surface area contributed by atoms with Crippen LogP contribution < -0.4 is 15.4 Å². The first kappa shape index (κ1) is 19.2. The largest absolute Gasteiger partial charge is 0.468 e. The summed E-state index contributed by atoms with van der Waals surface area (Å²) in [6.07, 6.45) is 4.72. The molecule has 4 rings (SSSR count). The molecule has 0 fully saturated rings. The number of furan rings is 1. The summed E-state index contributed by atoms with van der Waals surface area (Å²) in [4.78, 5) is 24.7. The zero-order valence-electron chi connectivity index (χ0n) is 15.6. The van der Waals surface area contributed by atoms with Gasteiger partial charge in [-0.15, -0.1) is 0 Å². The minimum Gasteiger partial charge on any atom is -0.468 e. The van der Waals surface area contributed by atoms with Crippen molar-refractivity contribution in [1.82, 2.24) is 19.8 Å². The van der Waals surface area contributed by atoms with Gasteiger partial charge in [0.25, 0.3) is 11.8 Å². The summed E-state index contributed by atoms with van der Waals surface area (Å²) in [5.41, 5.74) is 1.73. The fourth-order valence-corrected chi connectivity index (χ4v) is 3.65. The molecule has 1 aliphatic heterocycles. The van der Waals surface area contributed by atoms with Crippen LogP contribution in [0.25, 0.3) is 10.9 Å². The molecule has 1 aliphatic rings. The fraction of sp³-hybridized carbons (Fsp3) is 0.278. The van der Waals surface area contributed by atoms with Crippen molar-refractivity contribution in [1.29, 1.82) is 0 Å². The van der Waals surface area contributed by atoms with E-state index in [1.807, 2.05) is 0 Å². The predicted molar refractivity (Wildman–Crippen MR) is 105 cm³/mol. The molecule has 10 nitrogen and oxygen atoms in total. The van der Waals surface area contributed by atoms with Crippen molar-refractivity contribution in [3.63, 3.8) is 0 Å². The van der Waals surface area contributed by atoms with Gasteiger partial charge in [-0.3, -0.25) is 14.3 Å². The third-order valence-corrected chi connectivity index (χ3v) is 5.22. The summed E-state index contributed by atoms with van der Waals surface area (Å²) in [7, 11) is -3.25. The Kier molecular flexibility index (Phi) is 4.84. The van der Waals surface area contributed by atoms with E-state index in [4.69, 9.17) is 4.42 Å². The van der Waals surface area contributed by atoms with Crippen LogP contribution in [0.5, 0.6) is 0 Å². The highest BCUT2D eigenvalue weighted by atomic mass is 32.2. The number of anilines is 1. The number of sulfonamides is 1. The standard InChI is InChI=1S/C18H19N5O5S/c1-29(26,27)20-6-7-23-9-11-8-12(2-3-14(11)22-23)21-17(24)13-10-28-15-4-5-19-18(25)16(13)15/h2-3,8-10,20H,4-7H2,1H3,(H,19,25)(H,21,24). The van der Waals surface area contributed by atoms with Gasteiger partial charge in [0.2, 0.25) is 10.0 Å². The van der Waals surface area contributed by atoms with E-state index >= 15 is 0 Å². The molecule has 0 radical (unpaired) electrons.